The molecule has 4 nitrogen and oxygen atoms in total. The Hall–Kier alpha value is -2.75. The number of aromatic amines is 1. The highest BCUT2D eigenvalue weighted by molar-refractivity contribution is 5.83. The third-order valence-corrected chi connectivity index (χ3v) is 3.96. The predicted octanol–water partition coefficient (Wildman–Crippen LogP) is 3.77. The third-order valence-electron chi connectivity index (χ3n) is 3.96. The second-order valence-corrected chi connectivity index (χ2v) is 5.75. The van der Waals surface area contributed by atoms with Crippen molar-refractivity contribution in [1.82, 2.24) is 4.98 Å². The van der Waals surface area contributed by atoms with Gasteiger partial charge >= 0.3 is 0 Å². The molecule has 0 fully saturated rings. The number of ether oxygens (including phenoxy) is 1. The van der Waals surface area contributed by atoms with Crippen molar-refractivity contribution in [2.75, 3.05) is 12.4 Å². The maximum absolute atomic E-state index is 12.3. The zero-order valence-corrected chi connectivity index (χ0v) is 13.6. The standard InChI is InChI=1S/C19H20N2O2/c1-12-8-13(2)17-10-14(19(22)21-18(17)9-12)11-20-15-4-6-16(23-3)7-5-15/h4-10,20H,11H2,1-3H3,(H,21,22). The summed E-state index contributed by atoms with van der Waals surface area (Å²) in [6.07, 6.45) is 0. The molecule has 0 amide bonds. The molecule has 2 aromatic carbocycles. The number of anilines is 1. The van der Waals surface area contributed by atoms with E-state index in [-0.39, 0.29) is 5.56 Å². The van der Waals surface area contributed by atoms with Gasteiger partial charge in [-0.25, -0.2) is 0 Å². The highest BCUT2D eigenvalue weighted by Gasteiger charge is 2.06. The number of aryl methyl sites for hydroxylation is 2. The van der Waals surface area contributed by atoms with Crippen molar-refractivity contribution in [2.45, 2.75) is 20.4 Å². The number of nitrogens with one attached hydrogen (secondary N) is 2. The van der Waals surface area contributed by atoms with Crippen LogP contribution in [-0.2, 0) is 6.54 Å². The molecule has 1 heterocycles. The number of methoxy groups -OCH3 is 1. The Morgan fingerprint density at radius 1 is 1.09 bits per heavy atom. The highest BCUT2D eigenvalue weighted by Crippen LogP contribution is 2.19. The summed E-state index contributed by atoms with van der Waals surface area (Å²) >= 11 is 0. The van der Waals surface area contributed by atoms with Gasteiger partial charge < -0.3 is 15.0 Å². The van der Waals surface area contributed by atoms with E-state index in [1.54, 1.807) is 7.11 Å². The number of pyridine rings is 1. The molecule has 0 saturated heterocycles. The van der Waals surface area contributed by atoms with E-state index < -0.39 is 0 Å². The molecule has 0 unspecified atom stereocenters. The van der Waals surface area contributed by atoms with Crippen molar-refractivity contribution in [3.05, 3.63) is 69.5 Å². The summed E-state index contributed by atoms with van der Waals surface area (Å²) in [7, 11) is 1.64. The van der Waals surface area contributed by atoms with Crippen LogP contribution < -0.4 is 15.6 Å². The quantitative estimate of drug-likeness (QED) is 0.771. The molecule has 1 aromatic heterocycles. The molecule has 0 atom stereocenters. The van der Waals surface area contributed by atoms with Gasteiger partial charge in [0, 0.05) is 28.7 Å². The molecule has 3 rings (SSSR count). The molecule has 0 aliphatic rings. The van der Waals surface area contributed by atoms with Crippen LogP contribution in [0.25, 0.3) is 10.9 Å². The van der Waals surface area contributed by atoms with Gasteiger partial charge in [0.25, 0.3) is 5.56 Å². The fourth-order valence-electron chi connectivity index (χ4n) is 2.75. The van der Waals surface area contributed by atoms with Crippen molar-refractivity contribution < 1.29 is 4.74 Å². The lowest BCUT2D eigenvalue weighted by Crippen LogP contribution is -2.16. The lowest BCUT2D eigenvalue weighted by atomic mass is 10.0. The van der Waals surface area contributed by atoms with E-state index in [2.05, 4.69) is 23.3 Å². The van der Waals surface area contributed by atoms with E-state index in [1.165, 1.54) is 5.56 Å². The van der Waals surface area contributed by atoms with Crippen LogP contribution in [-0.4, -0.2) is 12.1 Å². The van der Waals surface area contributed by atoms with Crippen molar-refractivity contribution in [3.63, 3.8) is 0 Å². The van der Waals surface area contributed by atoms with Crippen LogP contribution in [0.1, 0.15) is 16.7 Å². The first-order valence-electron chi connectivity index (χ1n) is 7.58. The Kier molecular flexibility index (Phi) is 4.06. The minimum atomic E-state index is -0.0523. The number of aromatic nitrogens is 1. The highest BCUT2D eigenvalue weighted by atomic mass is 16.5. The van der Waals surface area contributed by atoms with Gasteiger partial charge in [0.05, 0.1) is 7.11 Å². The molecule has 0 aliphatic carbocycles. The molecule has 4 heteroatoms. The third kappa shape index (κ3) is 3.21. The normalized spacial score (nSPS) is 10.7. The van der Waals surface area contributed by atoms with E-state index >= 15 is 0 Å². The zero-order chi connectivity index (χ0) is 16.4. The number of benzene rings is 2. The molecule has 118 valence electrons. The second-order valence-electron chi connectivity index (χ2n) is 5.75. The largest absolute Gasteiger partial charge is 0.497 e. The Labute approximate surface area is 135 Å². The summed E-state index contributed by atoms with van der Waals surface area (Å²) in [5, 5.41) is 4.36. The molecule has 0 saturated carbocycles. The first-order valence-corrected chi connectivity index (χ1v) is 7.58. The minimum Gasteiger partial charge on any atom is -0.497 e. The summed E-state index contributed by atoms with van der Waals surface area (Å²) in [4.78, 5) is 15.2. The van der Waals surface area contributed by atoms with Gasteiger partial charge in [-0.2, -0.15) is 0 Å². The van der Waals surface area contributed by atoms with Crippen molar-refractivity contribution in [3.8, 4) is 5.75 Å². The molecule has 23 heavy (non-hydrogen) atoms. The van der Waals surface area contributed by atoms with Crippen molar-refractivity contribution in [1.29, 1.82) is 0 Å². The van der Waals surface area contributed by atoms with Gasteiger partial charge in [-0.3, -0.25) is 4.79 Å². The van der Waals surface area contributed by atoms with E-state index in [9.17, 15) is 4.79 Å². The molecule has 2 N–H and O–H groups in total. The van der Waals surface area contributed by atoms with Gasteiger partial charge in [-0.15, -0.1) is 0 Å². The summed E-state index contributed by atoms with van der Waals surface area (Å²) in [6, 6.07) is 13.7. The van der Waals surface area contributed by atoms with Crippen LogP contribution in [0.5, 0.6) is 5.75 Å². The molecule has 0 radical (unpaired) electrons. The Bertz CT molecular complexity index is 896. The molecule has 0 bridgehead atoms. The predicted molar refractivity (Wildman–Crippen MR) is 94.4 cm³/mol. The average Bonchev–Trinajstić information content (AvgIpc) is 2.53. The smallest absolute Gasteiger partial charge is 0.253 e. The van der Waals surface area contributed by atoms with Crippen LogP contribution >= 0.6 is 0 Å². The monoisotopic (exact) mass is 308 g/mol. The number of H-pyrrole nitrogens is 1. The number of rotatable bonds is 4. The molecular weight excluding hydrogens is 288 g/mol. The molecular formula is C19H20N2O2. The number of fused-ring (bicyclic) bond motifs is 1. The van der Waals surface area contributed by atoms with Gasteiger partial charge in [0.1, 0.15) is 5.75 Å². The first kappa shape index (κ1) is 15.2. The summed E-state index contributed by atoms with van der Waals surface area (Å²) in [5.74, 6) is 0.810. The maximum atomic E-state index is 12.3. The number of hydrogen-bond acceptors (Lipinski definition) is 3. The Balaban J connectivity index is 1.87. The van der Waals surface area contributed by atoms with Crippen LogP contribution in [0, 0.1) is 13.8 Å². The fraction of sp³-hybridized carbons (Fsp3) is 0.211. The fourth-order valence-corrected chi connectivity index (χ4v) is 2.75. The zero-order valence-electron chi connectivity index (χ0n) is 13.6. The van der Waals surface area contributed by atoms with Crippen LogP contribution in [0.4, 0.5) is 5.69 Å². The summed E-state index contributed by atoms with van der Waals surface area (Å²) in [6.45, 7) is 4.57. The summed E-state index contributed by atoms with van der Waals surface area (Å²) < 4.78 is 5.14. The Morgan fingerprint density at radius 3 is 2.52 bits per heavy atom. The molecule has 3 aromatic rings. The molecule has 0 spiro atoms. The second kappa shape index (κ2) is 6.16. The Morgan fingerprint density at radius 2 is 1.83 bits per heavy atom. The van der Waals surface area contributed by atoms with Crippen molar-refractivity contribution in [2.24, 2.45) is 0 Å². The number of hydrogen-bond donors (Lipinski definition) is 2. The lowest BCUT2D eigenvalue weighted by molar-refractivity contribution is 0.415. The van der Waals surface area contributed by atoms with E-state index in [4.69, 9.17) is 4.74 Å². The first-order chi connectivity index (χ1) is 11.1. The van der Waals surface area contributed by atoms with Gasteiger partial charge in [-0.05, 0) is 61.4 Å². The van der Waals surface area contributed by atoms with Gasteiger partial charge in [-0.1, -0.05) is 6.07 Å². The summed E-state index contributed by atoms with van der Waals surface area (Å²) in [5.41, 5.74) is 4.83. The van der Waals surface area contributed by atoms with E-state index in [0.29, 0.717) is 6.54 Å². The SMILES string of the molecule is COc1ccc(NCc2cc3c(C)cc(C)cc3[nH]c2=O)cc1. The van der Waals surface area contributed by atoms with Gasteiger partial charge in [0.2, 0.25) is 0 Å². The van der Waals surface area contributed by atoms with Crippen LogP contribution in [0.2, 0.25) is 0 Å². The van der Waals surface area contributed by atoms with Crippen molar-refractivity contribution >= 4 is 16.6 Å². The molecule has 0 aliphatic heterocycles. The van der Waals surface area contributed by atoms with Gasteiger partial charge in [0.15, 0.2) is 0 Å². The van der Waals surface area contributed by atoms with Crippen LogP contribution in [0.3, 0.4) is 0 Å². The maximum Gasteiger partial charge on any atom is 0.253 e. The van der Waals surface area contributed by atoms with E-state index in [1.807, 2.05) is 43.3 Å². The lowest BCUT2D eigenvalue weighted by Gasteiger charge is -2.09. The minimum absolute atomic E-state index is 0.0523. The average molecular weight is 308 g/mol. The van der Waals surface area contributed by atoms with Crippen LogP contribution in [0.15, 0.2) is 47.3 Å². The topological polar surface area (TPSA) is 54.1 Å². The van der Waals surface area contributed by atoms with E-state index in [0.717, 1.165) is 33.5 Å².